The highest BCUT2D eigenvalue weighted by Gasteiger charge is 2.27. The fourth-order valence-corrected chi connectivity index (χ4v) is 5.61. The second kappa shape index (κ2) is 11.2. The molecule has 0 unspecified atom stereocenters. The van der Waals surface area contributed by atoms with Gasteiger partial charge in [0.15, 0.2) is 0 Å². The molecular weight excluding hydrogens is 468 g/mol. The van der Waals surface area contributed by atoms with E-state index in [0.29, 0.717) is 4.88 Å². The number of carbonyl (C=O) groups is 1. The molecule has 34 heavy (non-hydrogen) atoms. The van der Waals surface area contributed by atoms with Crippen molar-refractivity contribution in [2.75, 3.05) is 0 Å². The van der Waals surface area contributed by atoms with Crippen molar-refractivity contribution in [3.63, 3.8) is 0 Å². The third kappa shape index (κ3) is 6.14. The Bertz CT molecular complexity index is 1440. The molecule has 1 atom stereocenters. The first-order chi connectivity index (χ1) is 15.3. The van der Waals surface area contributed by atoms with Gasteiger partial charge >= 0.3 is 5.97 Å². The van der Waals surface area contributed by atoms with Gasteiger partial charge in [0.2, 0.25) is 0 Å². The Morgan fingerprint density at radius 1 is 1.06 bits per heavy atom. The van der Waals surface area contributed by atoms with Crippen molar-refractivity contribution in [1.29, 1.82) is 0 Å². The van der Waals surface area contributed by atoms with Crippen LogP contribution in [0, 0.1) is 18.8 Å². The van der Waals surface area contributed by atoms with Gasteiger partial charge in [-0.2, -0.15) is 4.72 Å². The second-order valence-corrected chi connectivity index (χ2v) is 10.3. The number of para-hydroxylation sites is 1. The third-order valence-electron chi connectivity index (χ3n) is 4.92. The predicted molar refractivity (Wildman–Crippen MR) is 139 cm³/mol. The maximum atomic E-state index is 12.8. The standard InChI is InChI=1S/C24H20N2O4S2.2CH4/c1-16-6-8-17(9-7-16)10-11-19-12-13-23(31-19)32(29,30)26-22(24(27)28)14-18-15-25-21-5-3-2-4-20(18)21;;/h2-9,12-13,15,22,25-26H,14H2,1H3,(H,27,28);2*1H4/t22-;;/m1../s1. The van der Waals surface area contributed by atoms with Gasteiger partial charge in [-0.25, -0.2) is 8.42 Å². The summed E-state index contributed by atoms with van der Waals surface area (Å²) in [6.45, 7) is 1.99. The van der Waals surface area contributed by atoms with E-state index in [1.807, 2.05) is 55.5 Å². The molecule has 0 aliphatic rings. The van der Waals surface area contributed by atoms with Gasteiger partial charge in [0.05, 0.1) is 4.88 Å². The number of nitrogens with one attached hydrogen (secondary N) is 2. The summed E-state index contributed by atoms with van der Waals surface area (Å²) in [6.07, 6.45) is 1.73. The van der Waals surface area contributed by atoms with Crippen LogP contribution in [0.1, 0.15) is 36.4 Å². The first-order valence-corrected chi connectivity index (χ1v) is 12.1. The normalized spacial score (nSPS) is 11.6. The molecule has 0 saturated carbocycles. The summed E-state index contributed by atoms with van der Waals surface area (Å²) in [6, 6.07) is 16.9. The average molecular weight is 497 g/mol. The monoisotopic (exact) mass is 496 g/mol. The highest BCUT2D eigenvalue weighted by Crippen LogP contribution is 2.23. The van der Waals surface area contributed by atoms with Crippen molar-refractivity contribution in [1.82, 2.24) is 9.71 Å². The lowest BCUT2D eigenvalue weighted by atomic mass is 10.1. The van der Waals surface area contributed by atoms with Crippen LogP contribution in [0.4, 0.5) is 0 Å². The number of carboxylic acids is 1. The van der Waals surface area contributed by atoms with Crippen LogP contribution >= 0.6 is 11.3 Å². The van der Waals surface area contributed by atoms with Gasteiger partial charge < -0.3 is 10.1 Å². The van der Waals surface area contributed by atoms with Crippen LogP contribution in [0.3, 0.4) is 0 Å². The Morgan fingerprint density at radius 2 is 1.76 bits per heavy atom. The van der Waals surface area contributed by atoms with E-state index in [9.17, 15) is 18.3 Å². The fourth-order valence-electron chi connectivity index (χ4n) is 3.25. The molecule has 4 rings (SSSR count). The predicted octanol–water partition coefficient (Wildman–Crippen LogP) is 5.18. The van der Waals surface area contributed by atoms with Crippen LogP contribution < -0.4 is 4.72 Å². The summed E-state index contributed by atoms with van der Waals surface area (Å²) in [4.78, 5) is 15.5. The maximum Gasteiger partial charge on any atom is 0.322 e. The second-order valence-electron chi connectivity index (χ2n) is 7.31. The minimum absolute atomic E-state index is 0. The number of hydrogen-bond acceptors (Lipinski definition) is 4. The molecule has 0 radical (unpaired) electrons. The SMILES string of the molecule is C.C.Cc1ccc(C#Cc2ccc(S(=O)(=O)N[C@H](Cc3c[nH]c4ccccc34)C(=O)O)s2)cc1. The lowest BCUT2D eigenvalue weighted by Crippen LogP contribution is -2.41. The van der Waals surface area contributed by atoms with E-state index in [-0.39, 0.29) is 25.5 Å². The van der Waals surface area contributed by atoms with Gasteiger partial charge in [0, 0.05) is 29.1 Å². The number of aliphatic carboxylic acids is 1. The number of sulfonamides is 1. The van der Waals surface area contributed by atoms with Crippen molar-refractivity contribution in [3.05, 3.63) is 88.4 Å². The first-order valence-electron chi connectivity index (χ1n) is 9.80. The molecule has 2 aromatic carbocycles. The van der Waals surface area contributed by atoms with E-state index >= 15 is 0 Å². The molecule has 0 bridgehead atoms. The van der Waals surface area contributed by atoms with Crippen molar-refractivity contribution in [2.45, 2.75) is 38.4 Å². The van der Waals surface area contributed by atoms with E-state index in [0.717, 1.165) is 38.9 Å². The Hall–Kier alpha value is -3.38. The van der Waals surface area contributed by atoms with Gasteiger partial charge in [0.25, 0.3) is 10.0 Å². The van der Waals surface area contributed by atoms with Gasteiger partial charge in [-0.1, -0.05) is 62.6 Å². The number of thiophene rings is 1. The zero-order chi connectivity index (χ0) is 22.7. The van der Waals surface area contributed by atoms with Gasteiger partial charge in [-0.3, -0.25) is 4.79 Å². The number of rotatable bonds is 6. The molecule has 2 aromatic heterocycles. The number of aryl methyl sites for hydroxylation is 1. The summed E-state index contributed by atoms with van der Waals surface area (Å²) in [5.74, 6) is 4.73. The van der Waals surface area contributed by atoms with Crippen molar-refractivity contribution in [3.8, 4) is 11.8 Å². The van der Waals surface area contributed by atoms with E-state index in [4.69, 9.17) is 0 Å². The molecule has 4 aromatic rings. The Morgan fingerprint density at radius 3 is 2.47 bits per heavy atom. The first kappa shape index (κ1) is 26.9. The fraction of sp³-hybridized carbons (Fsp3) is 0.192. The largest absolute Gasteiger partial charge is 0.480 e. The summed E-state index contributed by atoms with van der Waals surface area (Å²) in [7, 11) is -4.02. The lowest BCUT2D eigenvalue weighted by Gasteiger charge is -2.13. The Kier molecular flexibility index (Phi) is 8.82. The van der Waals surface area contributed by atoms with Crippen LogP contribution in [0.2, 0.25) is 0 Å². The van der Waals surface area contributed by atoms with E-state index < -0.39 is 22.0 Å². The molecular formula is C26H28N2O4S2. The highest BCUT2D eigenvalue weighted by molar-refractivity contribution is 7.91. The highest BCUT2D eigenvalue weighted by atomic mass is 32.2. The molecule has 0 aliphatic heterocycles. The summed E-state index contributed by atoms with van der Waals surface area (Å²) < 4.78 is 28.0. The molecule has 6 nitrogen and oxygen atoms in total. The maximum absolute atomic E-state index is 12.8. The van der Waals surface area contributed by atoms with Gasteiger partial charge in [-0.15, -0.1) is 11.3 Å². The van der Waals surface area contributed by atoms with Gasteiger partial charge in [-0.05, 0) is 42.8 Å². The number of fused-ring (bicyclic) bond motifs is 1. The number of aromatic amines is 1. The van der Waals surface area contributed by atoms with Crippen molar-refractivity contribution >= 4 is 38.2 Å². The zero-order valence-corrected chi connectivity index (χ0v) is 18.8. The van der Waals surface area contributed by atoms with Crippen molar-refractivity contribution in [2.24, 2.45) is 0 Å². The third-order valence-corrected chi connectivity index (χ3v) is 7.89. The van der Waals surface area contributed by atoms with E-state index in [1.165, 1.54) is 6.07 Å². The van der Waals surface area contributed by atoms with E-state index in [1.54, 1.807) is 12.3 Å². The minimum Gasteiger partial charge on any atom is -0.480 e. The summed E-state index contributed by atoms with van der Waals surface area (Å²) in [5, 5.41) is 10.5. The Labute approximate surface area is 204 Å². The minimum atomic E-state index is -4.02. The van der Waals surface area contributed by atoms with Crippen LogP contribution in [-0.2, 0) is 21.2 Å². The topological polar surface area (TPSA) is 99.3 Å². The molecule has 0 amide bonds. The van der Waals surface area contributed by atoms with Crippen LogP contribution in [0.15, 0.2) is 71.1 Å². The summed E-state index contributed by atoms with van der Waals surface area (Å²) in [5.41, 5.74) is 3.55. The van der Waals surface area contributed by atoms with Gasteiger partial charge in [0.1, 0.15) is 10.3 Å². The quantitative estimate of drug-likeness (QED) is 0.320. The number of hydrogen-bond donors (Lipinski definition) is 3. The van der Waals surface area contributed by atoms with E-state index in [2.05, 4.69) is 21.5 Å². The molecule has 0 aliphatic carbocycles. The molecule has 3 N–H and O–H groups in total. The molecule has 0 fully saturated rings. The number of benzene rings is 2. The lowest BCUT2D eigenvalue weighted by molar-refractivity contribution is -0.138. The smallest absolute Gasteiger partial charge is 0.322 e. The molecule has 8 heteroatoms. The number of carboxylic acid groups (broad SMARTS) is 1. The Balaban J connectivity index is 0.00000204. The van der Waals surface area contributed by atoms with Crippen molar-refractivity contribution < 1.29 is 18.3 Å². The van der Waals surface area contributed by atoms with Crippen LogP contribution in [-0.4, -0.2) is 30.5 Å². The zero-order valence-electron chi connectivity index (χ0n) is 17.1. The number of aromatic nitrogens is 1. The molecule has 0 saturated heterocycles. The molecule has 178 valence electrons. The number of H-pyrrole nitrogens is 1. The van der Waals surface area contributed by atoms with Crippen LogP contribution in [0.5, 0.6) is 0 Å². The molecule has 2 heterocycles. The average Bonchev–Trinajstić information content (AvgIpc) is 3.41. The summed E-state index contributed by atoms with van der Waals surface area (Å²) >= 11 is 1.00. The van der Waals surface area contributed by atoms with Crippen LogP contribution in [0.25, 0.3) is 10.9 Å². The molecule has 0 spiro atoms.